The highest BCUT2D eigenvalue weighted by Crippen LogP contribution is 2.30. The SMILES string of the molecule is Cc1coc2c(-c3cc(C(=O)O)[nH]n3)cccc12. The summed E-state index contributed by atoms with van der Waals surface area (Å²) in [6, 6.07) is 7.21. The van der Waals surface area contributed by atoms with Crippen molar-refractivity contribution in [2.45, 2.75) is 6.92 Å². The lowest BCUT2D eigenvalue weighted by molar-refractivity contribution is 0.0690. The maximum absolute atomic E-state index is 10.8. The molecule has 0 atom stereocenters. The van der Waals surface area contributed by atoms with E-state index >= 15 is 0 Å². The number of aryl methyl sites for hydroxylation is 1. The smallest absolute Gasteiger partial charge is 0.353 e. The van der Waals surface area contributed by atoms with Crippen LogP contribution in [0.25, 0.3) is 22.2 Å². The molecular formula is C13H10N2O3. The van der Waals surface area contributed by atoms with E-state index in [0.717, 1.165) is 22.1 Å². The number of carbonyl (C=O) groups is 1. The van der Waals surface area contributed by atoms with Crippen molar-refractivity contribution >= 4 is 16.9 Å². The number of aromatic amines is 1. The van der Waals surface area contributed by atoms with Crippen LogP contribution in [0.5, 0.6) is 0 Å². The van der Waals surface area contributed by atoms with Gasteiger partial charge in [-0.05, 0) is 24.6 Å². The molecule has 0 saturated heterocycles. The molecule has 0 unspecified atom stereocenters. The first-order valence-electron chi connectivity index (χ1n) is 5.42. The molecule has 0 aliphatic rings. The van der Waals surface area contributed by atoms with E-state index in [4.69, 9.17) is 9.52 Å². The highest BCUT2D eigenvalue weighted by atomic mass is 16.4. The third-order valence-corrected chi connectivity index (χ3v) is 2.88. The number of hydrogen-bond acceptors (Lipinski definition) is 3. The summed E-state index contributed by atoms with van der Waals surface area (Å²) in [5, 5.41) is 16.4. The minimum absolute atomic E-state index is 0.0604. The van der Waals surface area contributed by atoms with Gasteiger partial charge in [0.05, 0.1) is 12.0 Å². The summed E-state index contributed by atoms with van der Waals surface area (Å²) in [6.07, 6.45) is 1.68. The lowest BCUT2D eigenvalue weighted by atomic mass is 10.1. The van der Waals surface area contributed by atoms with Gasteiger partial charge in [0.2, 0.25) is 0 Å². The minimum Gasteiger partial charge on any atom is -0.477 e. The number of aromatic nitrogens is 2. The Labute approximate surface area is 102 Å². The zero-order chi connectivity index (χ0) is 12.7. The average molecular weight is 242 g/mol. The van der Waals surface area contributed by atoms with Crippen molar-refractivity contribution in [1.82, 2.24) is 10.2 Å². The monoisotopic (exact) mass is 242 g/mol. The Balaban J connectivity index is 2.21. The van der Waals surface area contributed by atoms with Crippen LogP contribution in [0.4, 0.5) is 0 Å². The molecule has 90 valence electrons. The minimum atomic E-state index is -1.03. The van der Waals surface area contributed by atoms with Crippen LogP contribution in [0.3, 0.4) is 0 Å². The third kappa shape index (κ3) is 1.48. The van der Waals surface area contributed by atoms with Crippen LogP contribution >= 0.6 is 0 Å². The zero-order valence-corrected chi connectivity index (χ0v) is 9.60. The molecule has 2 aromatic heterocycles. The number of rotatable bonds is 2. The van der Waals surface area contributed by atoms with Gasteiger partial charge in [-0.3, -0.25) is 5.10 Å². The molecule has 0 spiro atoms. The number of aromatic carboxylic acids is 1. The predicted octanol–water partition coefficient (Wildman–Crippen LogP) is 2.83. The summed E-state index contributed by atoms with van der Waals surface area (Å²) in [4.78, 5) is 10.8. The van der Waals surface area contributed by atoms with Gasteiger partial charge in [-0.15, -0.1) is 0 Å². The van der Waals surface area contributed by atoms with Crippen LogP contribution in [-0.2, 0) is 0 Å². The Morgan fingerprint density at radius 3 is 3.00 bits per heavy atom. The first-order valence-corrected chi connectivity index (χ1v) is 5.42. The van der Waals surface area contributed by atoms with Crippen LogP contribution in [-0.4, -0.2) is 21.3 Å². The highest BCUT2D eigenvalue weighted by Gasteiger charge is 2.14. The molecule has 2 heterocycles. The van der Waals surface area contributed by atoms with E-state index in [1.54, 1.807) is 6.26 Å². The summed E-state index contributed by atoms with van der Waals surface area (Å²) >= 11 is 0. The number of carboxylic acids is 1. The number of para-hydroxylation sites is 1. The summed E-state index contributed by atoms with van der Waals surface area (Å²) in [6.45, 7) is 1.96. The molecule has 1 aromatic carbocycles. The van der Waals surface area contributed by atoms with Gasteiger partial charge in [-0.25, -0.2) is 4.79 Å². The summed E-state index contributed by atoms with van der Waals surface area (Å²) in [5.41, 5.74) is 3.17. The number of furan rings is 1. The lowest BCUT2D eigenvalue weighted by Gasteiger charge is -1.97. The molecule has 0 radical (unpaired) electrons. The van der Waals surface area contributed by atoms with Crippen molar-refractivity contribution in [1.29, 1.82) is 0 Å². The van der Waals surface area contributed by atoms with Crippen molar-refractivity contribution in [3.8, 4) is 11.3 Å². The molecule has 2 N–H and O–H groups in total. The van der Waals surface area contributed by atoms with E-state index in [0.29, 0.717) is 5.69 Å². The van der Waals surface area contributed by atoms with Crippen LogP contribution in [0, 0.1) is 6.92 Å². The van der Waals surface area contributed by atoms with E-state index in [9.17, 15) is 4.79 Å². The fourth-order valence-electron chi connectivity index (χ4n) is 1.96. The van der Waals surface area contributed by atoms with Crippen LogP contribution < -0.4 is 0 Å². The molecule has 5 heteroatoms. The van der Waals surface area contributed by atoms with Crippen molar-refractivity contribution in [3.63, 3.8) is 0 Å². The highest BCUT2D eigenvalue weighted by molar-refractivity contribution is 5.94. The zero-order valence-electron chi connectivity index (χ0n) is 9.60. The molecule has 0 bridgehead atoms. The molecule has 0 aliphatic heterocycles. The molecular weight excluding hydrogens is 232 g/mol. The van der Waals surface area contributed by atoms with Crippen molar-refractivity contribution < 1.29 is 14.3 Å². The van der Waals surface area contributed by atoms with Gasteiger partial charge >= 0.3 is 5.97 Å². The Kier molecular flexibility index (Phi) is 2.19. The van der Waals surface area contributed by atoms with Gasteiger partial charge in [-0.2, -0.15) is 5.10 Å². The number of nitrogens with one attached hydrogen (secondary N) is 1. The quantitative estimate of drug-likeness (QED) is 0.724. The Morgan fingerprint density at radius 2 is 2.28 bits per heavy atom. The predicted molar refractivity (Wildman–Crippen MR) is 65.5 cm³/mol. The second-order valence-corrected chi connectivity index (χ2v) is 4.07. The maximum Gasteiger partial charge on any atom is 0.353 e. The fourth-order valence-corrected chi connectivity index (χ4v) is 1.96. The first-order chi connectivity index (χ1) is 8.66. The van der Waals surface area contributed by atoms with Crippen LogP contribution in [0.2, 0.25) is 0 Å². The van der Waals surface area contributed by atoms with E-state index in [-0.39, 0.29) is 5.69 Å². The third-order valence-electron chi connectivity index (χ3n) is 2.88. The van der Waals surface area contributed by atoms with Gasteiger partial charge in [0.15, 0.2) is 0 Å². The van der Waals surface area contributed by atoms with Crippen molar-refractivity contribution in [2.75, 3.05) is 0 Å². The summed E-state index contributed by atoms with van der Waals surface area (Å²) in [5.74, 6) is -1.03. The molecule has 0 amide bonds. The fraction of sp³-hybridized carbons (Fsp3) is 0.0769. The number of fused-ring (bicyclic) bond motifs is 1. The molecule has 3 aromatic rings. The molecule has 5 nitrogen and oxygen atoms in total. The molecule has 18 heavy (non-hydrogen) atoms. The summed E-state index contributed by atoms with van der Waals surface area (Å²) < 4.78 is 5.50. The Bertz CT molecular complexity index is 740. The Morgan fingerprint density at radius 1 is 1.44 bits per heavy atom. The van der Waals surface area contributed by atoms with Gasteiger partial charge in [-0.1, -0.05) is 12.1 Å². The van der Waals surface area contributed by atoms with E-state index in [1.165, 1.54) is 6.07 Å². The van der Waals surface area contributed by atoms with Crippen LogP contribution in [0.1, 0.15) is 16.1 Å². The summed E-state index contributed by atoms with van der Waals surface area (Å²) in [7, 11) is 0. The second kappa shape index (κ2) is 3.73. The number of hydrogen-bond donors (Lipinski definition) is 2. The first kappa shape index (κ1) is 10.6. The normalized spacial score (nSPS) is 10.9. The largest absolute Gasteiger partial charge is 0.477 e. The molecule has 3 rings (SSSR count). The van der Waals surface area contributed by atoms with Crippen LogP contribution in [0.15, 0.2) is 34.9 Å². The molecule has 0 fully saturated rings. The van der Waals surface area contributed by atoms with E-state index in [2.05, 4.69) is 10.2 Å². The van der Waals surface area contributed by atoms with Crippen molar-refractivity contribution in [3.05, 3.63) is 41.8 Å². The molecule has 0 aliphatic carbocycles. The number of benzene rings is 1. The molecule has 0 saturated carbocycles. The van der Waals surface area contributed by atoms with Gasteiger partial charge < -0.3 is 9.52 Å². The standard InChI is InChI=1S/C13H10N2O3/c1-7-6-18-12-8(7)3-2-4-9(12)10-5-11(13(16)17)15-14-10/h2-6H,1H3,(H,14,15)(H,16,17). The number of H-pyrrole nitrogens is 1. The van der Waals surface area contributed by atoms with Gasteiger partial charge in [0, 0.05) is 10.9 Å². The van der Waals surface area contributed by atoms with E-state index in [1.807, 2.05) is 25.1 Å². The van der Waals surface area contributed by atoms with Gasteiger partial charge in [0.1, 0.15) is 11.3 Å². The second-order valence-electron chi connectivity index (χ2n) is 4.07. The lowest BCUT2D eigenvalue weighted by Crippen LogP contribution is -1.95. The topological polar surface area (TPSA) is 79.1 Å². The number of carboxylic acid groups (broad SMARTS) is 1. The maximum atomic E-state index is 10.8. The average Bonchev–Trinajstić information content (AvgIpc) is 2.97. The van der Waals surface area contributed by atoms with Crippen molar-refractivity contribution in [2.24, 2.45) is 0 Å². The van der Waals surface area contributed by atoms with E-state index < -0.39 is 5.97 Å². The van der Waals surface area contributed by atoms with Gasteiger partial charge in [0.25, 0.3) is 0 Å². The Hall–Kier alpha value is -2.56. The number of nitrogens with zero attached hydrogens (tertiary/aromatic N) is 1.